The minimum atomic E-state index is -0.196. The number of benzene rings is 2. The molecule has 2 atom stereocenters. The highest BCUT2D eigenvalue weighted by Crippen LogP contribution is 2.27. The van der Waals surface area contributed by atoms with Crippen LogP contribution in [0.5, 0.6) is 0 Å². The average molecular weight is 373 g/mol. The van der Waals surface area contributed by atoms with Crippen LogP contribution in [0.3, 0.4) is 0 Å². The van der Waals surface area contributed by atoms with E-state index < -0.39 is 0 Å². The van der Waals surface area contributed by atoms with E-state index in [1.807, 2.05) is 60.7 Å². The predicted molar refractivity (Wildman–Crippen MR) is 107 cm³/mol. The summed E-state index contributed by atoms with van der Waals surface area (Å²) in [5, 5.41) is 11.3. The summed E-state index contributed by atoms with van der Waals surface area (Å²) >= 11 is 0. The summed E-state index contributed by atoms with van der Waals surface area (Å²) in [6.07, 6.45) is 4.37. The molecular weight excluding hydrogens is 350 g/mol. The molecule has 2 aliphatic heterocycles. The standard InChI is InChI=1S/C22H23N5O/c28-22(24-18-13-16-11-12-17(14-18)23-16)20-25-21(15-7-3-1-4-8-15)27(26-20)19-9-5-2-6-10-19/h1-10,16-18,23H,11-14H2,(H,24,28). The second kappa shape index (κ2) is 7.20. The van der Waals surface area contributed by atoms with E-state index >= 15 is 0 Å². The fraction of sp³-hybridized carbons (Fsp3) is 0.318. The highest BCUT2D eigenvalue weighted by atomic mass is 16.2. The number of nitrogens with one attached hydrogen (secondary N) is 2. The van der Waals surface area contributed by atoms with Crippen molar-refractivity contribution in [3.8, 4) is 17.1 Å². The molecule has 0 aliphatic carbocycles. The van der Waals surface area contributed by atoms with Crippen LogP contribution in [0.2, 0.25) is 0 Å². The zero-order chi connectivity index (χ0) is 18.9. The molecular formula is C22H23N5O. The van der Waals surface area contributed by atoms with Gasteiger partial charge in [-0.2, -0.15) is 0 Å². The molecule has 2 unspecified atom stereocenters. The Labute approximate surface area is 164 Å². The maximum Gasteiger partial charge on any atom is 0.291 e. The summed E-state index contributed by atoms with van der Waals surface area (Å²) in [7, 11) is 0. The van der Waals surface area contributed by atoms with Crippen molar-refractivity contribution in [1.82, 2.24) is 25.4 Å². The number of hydrogen-bond acceptors (Lipinski definition) is 4. The highest BCUT2D eigenvalue weighted by molar-refractivity contribution is 5.91. The molecule has 2 N–H and O–H groups in total. The molecule has 28 heavy (non-hydrogen) atoms. The lowest BCUT2D eigenvalue weighted by Crippen LogP contribution is -2.48. The Kier molecular flexibility index (Phi) is 4.41. The van der Waals surface area contributed by atoms with Crippen LogP contribution in [0.1, 0.15) is 36.3 Å². The topological polar surface area (TPSA) is 71.8 Å². The fourth-order valence-corrected chi connectivity index (χ4v) is 4.36. The monoisotopic (exact) mass is 373 g/mol. The zero-order valence-electron chi connectivity index (χ0n) is 15.6. The number of piperidine rings is 1. The van der Waals surface area contributed by atoms with E-state index in [2.05, 4.69) is 20.7 Å². The molecule has 2 aromatic carbocycles. The molecule has 1 amide bonds. The van der Waals surface area contributed by atoms with Crippen molar-refractivity contribution in [3.05, 3.63) is 66.5 Å². The lowest BCUT2D eigenvalue weighted by molar-refractivity contribution is 0.0913. The molecule has 2 aliphatic rings. The van der Waals surface area contributed by atoms with E-state index in [1.165, 1.54) is 12.8 Å². The Balaban J connectivity index is 1.45. The van der Waals surface area contributed by atoms with Gasteiger partial charge in [0.15, 0.2) is 5.82 Å². The van der Waals surface area contributed by atoms with Gasteiger partial charge >= 0.3 is 0 Å². The van der Waals surface area contributed by atoms with Crippen LogP contribution in [0.25, 0.3) is 17.1 Å². The molecule has 3 heterocycles. The van der Waals surface area contributed by atoms with Crippen molar-refractivity contribution >= 4 is 5.91 Å². The second-order valence-corrected chi connectivity index (χ2v) is 7.65. The van der Waals surface area contributed by atoms with Crippen LogP contribution < -0.4 is 10.6 Å². The van der Waals surface area contributed by atoms with E-state index in [4.69, 9.17) is 0 Å². The van der Waals surface area contributed by atoms with Gasteiger partial charge in [0.25, 0.3) is 5.91 Å². The first-order valence-electron chi connectivity index (χ1n) is 9.91. The molecule has 2 saturated heterocycles. The lowest BCUT2D eigenvalue weighted by atomic mass is 10.00. The summed E-state index contributed by atoms with van der Waals surface area (Å²) in [4.78, 5) is 17.5. The van der Waals surface area contributed by atoms with E-state index in [1.54, 1.807) is 4.68 Å². The van der Waals surface area contributed by atoms with Gasteiger partial charge in [0.05, 0.1) is 5.69 Å². The van der Waals surface area contributed by atoms with Gasteiger partial charge in [0.1, 0.15) is 0 Å². The molecule has 3 aromatic rings. The van der Waals surface area contributed by atoms with Crippen molar-refractivity contribution in [2.24, 2.45) is 0 Å². The number of para-hydroxylation sites is 1. The van der Waals surface area contributed by atoms with Crippen LogP contribution >= 0.6 is 0 Å². The van der Waals surface area contributed by atoms with Gasteiger partial charge in [-0.3, -0.25) is 4.79 Å². The zero-order valence-corrected chi connectivity index (χ0v) is 15.6. The van der Waals surface area contributed by atoms with Gasteiger partial charge in [-0.25, -0.2) is 9.67 Å². The fourth-order valence-electron chi connectivity index (χ4n) is 4.36. The highest BCUT2D eigenvalue weighted by Gasteiger charge is 2.34. The van der Waals surface area contributed by atoms with Gasteiger partial charge in [0.2, 0.25) is 5.82 Å². The molecule has 5 rings (SSSR count). The second-order valence-electron chi connectivity index (χ2n) is 7.65. The maximum atomic E-state index is 12.9. The Morgan fingerprint density at radius 1 is 0.964 bits per heavy atom. The van der Waals surface area contributed by atoms with Crippen molar-refractivity contribution in [3.63, 3.8) is 0 Å². The first-order chi connectivity index (χ1) is 13.8. The normalized spacial score (nSPS) is 23.5. The van der Waals surface area contributed by atoms with Crippen molar-refractivity contribution in [1.29, 1.82) is 0 Å². The average Bonchev–Trinajstić information content (AvgIpc) is 3.33. The Morgan fingerprint density at radius 3 is 2.29 bits per heavy atom. The van der Waals surface area contributed by atoms with Crippen LogP contribution in [0.15, 0.2) is 60.7 Å². The number of nitrogens with zero attached hydrogens (tertiary/aromatic N) is 3. The van der Waals surface area contributed by atoms with Gasteiger partial charge in [-0.15, -0.1) is 5.10 Å². The van der Waals surface area contributed by atoms with Gasteiger partial charge in [0, 0.05) is 23.7 Å². The summed E-state index contributed by atoms with van der Waals surface area (Å²) in [5.41, 5.74) is 1.81. The van der Waals surface area contributed by atoms with Crippen molar-refractivity contribution in [2.45, 2.75) is 43.8 Å². The number of carbonyl (C=O) groups excluding carboxylic acids is 1. The number of amides is 1. The molecule has 2 bridgehead atoms. The first kappa shape index (κ1) is 17.1. The van der Waals surface area contributed by atoms with Crippen LogP contribution in [-0.4, -0.2) is 38.8 Å². The smallest absolute Gasteiger partial charge is 0.291 e. The Hall–Kier alpha value is -2.99. The van der Waals surface area contributed by atoms with Crippen molar-refractivity contribution < 1.29 is 4.79 Å². The van der Waals surface area contributed by atoms with E-state index in [0.717, 1.165) is 24.1 Å². The molecule has 0 spiro atoms. The molecule has 142 valence electrons. The summed E-state index contributed by atoms with van der Waals surface area (Å²) < 4.78 is 1.75. The van der Waals surface area contributed by atoms with Crippen LogP contribution in [0, 0.1) is 0 Å². The quantitative estimate of drug-likeness (QED) is 0.738. The molecule has 0 radical (unpaired) electrons. The third kappa shape index (κ3) is 3.31. The number of hydrogen-bond donors (Lipinski definition) is 2. The number of rotatable bonds is 4. The largest absolute Gasteiger partial charge is 0.346 e. The number of aromatic nitrogens is 3. The molecule has 6 nitrogen and oxygen atoms in total. The Bertz CT molecular complexity index is 900. The van der Waals surface area contributed by atoms with E-state index in [-0.39, 0.29) is 17.8 Å². The van der Waals surface area contributed by atoms with Crippen molar-refractivity contribution in [2.75, 3.05) is 0 Å². The molecule has 0 saturated carbocycles. The maximum absolute atomic E-state index is 12.9. The van der Waals surface area contributed by atoms with E-state index in [9.17, 15) is 4.79 Å². The lowest BCUT2D eigenvalue weighted by Gasteiger charge is -2.29. The van der Waals surface area contributed by atoms with Crippen LogP contribution in [0.4, 0.5) is 0 Å². The number of fused-ring (bicyclic) bond motifs is 2. The van der Waals surface area contributed by atoms with Crippen LogP contribution in [-0.2, 0) is 0 Å². The Morgan fingerprint density at radius 2 is 1.61 bits per heavy atom. The third-order valence-corrected chi connectivity index (χ3v) is 5.65. The first-order valence-corrected chi connectivity index (χ1v) is 9.91. The molecule has 6 heteroatoms. The number of carbonyl (C=O) groups is 1. The minimum Gasteiger partial charge on any atom is -0.346 e. The van der Waals surface area contributed by atoms with E-state index in [0.29, 0.717) is 17.9 Å². The van der Waals surface area contributed by atoms with Gasteiger partial charge < -0.3 is 10.6 Å². The third-order valence-electron chi connectivity index (χ3n) is 5.65. The summed E-state index contributed by atoms with van der Waals surface area (Å²) in [6.45, 7) is 0. The van der Waals surface area contributed by atoms with Gasteiger partial charge in [-0.05, 0) is 37.8 Å². The van der Waals surface area contributed by atoms with Gasteiger partial charge in [-0.1, -0.05) is 48.5 Å². The summed E-state index contributed by atoms with van der Waals surface area (Å²) in [5.74, 6) is 0.689. The molecule has 1 aromatic heterocycles. The SMILES string of the molecule is O=C(NC1CC2CCC(C1)N2)c1nc(-c2ccccc2)n(-c2ccccc2)n1. The molecule has 2 fully saturated rings. The predicted octanol–water partition coefficient (Wildman–Crippen LogP) is 2.95. The summed E-state index contributed by atoms with van der Waals surface area (Å²) in [6, 6.07) is 20.9. The minimum absolute atomic E-state index is 0.190.